The van der Waals surface area contributed by atoms with Gasteiger partial charge in [0.1, 0.15) is 5.60 Å². The van der Waals surface area contributed by atoms with Crippen LogP contribution in [0.1, 0.15) is 51.9 Å². The number of hydrogen-bond acceptors (Lipinski definition) is 3. The Morgan fingerprint density at radius 1 is 1.22 bits per heavy atom. The number of carboxylic acids is 1. The van der Waals surface area contributed by atoms with Crippen molar-refractivity contribution in [1.82, 2.24) is 0 Å². The van der Waals surface area contributed by atoms with Crippen LogP contribution in [-0.2, 0) is 14.3 Å². The average molecular weight is 252 g/mol. The second-order valence-corrected chi connectivity index (χ2v) is 5.45. The summed E-state index contributed by atoms with van der Waals surface area (Å²) in [5.41, 5.74) is -0.244. The van der Waals surface area contributed by atoms with E-state index in [1.807, 2.05) is 0 Å². The van der Waals surface area contributed by atoms with Gasteiger partial charge in [0, 0.05) is 11.6 Å². The summed E-state index contributed by atoms with van der Waals surface area (Å²) in [4.78, 5) is 22.3. The fourth-order valence-corrected chi connectivity index (χ4v) is 2.81. The molecule has 18 heavy (non-hydrogen) atoms. The Morgan fingerprint density at radius 3 is 2.33 bits per heavy atom. The summed E-state index contributed by atoms with van der Waals surface area (Å²) >= 11 is 0. The van der Waals surface area contributed by atoms with Crippen LogP contribution in [0.2, 0.25) is 0 Å². The van der Waals surface area contributed by atoms with E-state index in [1.165, 1.54) is 26.2 Å². The van der Waals surface area contributed by atoms with Crippen molar-refractivity contribution in [2.75, 3.05) is 0 Å². The molecule has 4 heteroatoms. The average Bonchev–Trinajstić information content (AvgIpc) is 3.11. The van der Waals surface area contributed by atoms with Gasteiger partial charge >= 0.3 is 11.9 Å². The van der Waals surface area contributed by atoms with Crippen LogP contribution in [0.15, 0.2) is 11.6 Å². The summed E-state index contributed by atoms with van der Waals surface area (Å²) in [6.45, 7) is 1.41. The van der Waals surface area contributed by atoms with E-state index in [1.54, 1.807) is 0 Å². The van der Waals surface area contributed by atoms with Crippen LogP contribution in [0.25, 0.3) is 0 Å². The van der Waals surface area contributed by atoms with Crippen LogP contribution in [-0.4, -0.2) is 22.6 Å². The van der Waals surface area contributed by atoms with Gasteiger partial charge < -0.3 is 9.84 Å². The predicted octanol–water partition coefficient (Wildman–Crippen LogP) is 2.67. The molecule has 0 amide bonds. The van der Waals surface area contributed by atoms with Gasteiger partial charge in [-0.25, -0.2) is 9.59 Å². The summed E-state index contributed by atoms with van der Waals surface area (Å²) < 4.78 is 5.53. The largest absolute Gasteiger partial charge is 0.478 e. The second kappa shape index (κ2) is 5.12. The highest BCUT2D eigenvalue weighted by Gasteiger charge is 2.52. The minimum atomic E-state index is -1.07. The zero-order chi connectivity index (χ0) is 13.2. The highest BCUT2D eigenvalue weighted by Crippen LogP contribution is 2.51. The molecule has 2 aliphatic carbocycles. The number of esters is 1. The molecule has 0 unspecified atom stereocenters. The molecule has 0 aromatic carbocycles. The number of carboxylic acid groups (broad SMARTS) is 1. The zero-order valence-electron chi connectivity index (χ0n) is 10.8. The van der Waals surface area contributed by atoms with Gasteiger partial charge in [-0.1, -0.05) is 19.3 Å². The number of aliphatic carboxylic acids is 1. The molecule has 0 radical (unpaired) electrons. The monoisotopic (exact) mass is 252 g/mol. The topological polar surface area (TPSA) is 63.6 Å². The molecule has 0 heterocycles. The first kappa shape index (κ1) is 13.1. The second-order valence-electron chi connectivity index (χ2n) is 5.45. The molecule has 2 fully saturated rings. The van der Waals surface area contributed by atoms with E-state index in [0.717, 1.165) is 31.8 Å². The number of carbonyl (C=O) groups is 2. The summed E-state index contributed by atoms with van der Waals surface area (Å²) in [5.74, 6) is -1.10. The molecule has 0 atom stereocenters. The van der Waals surface area contributed by atoms with Crippen LogP contribution in [0, 0.1) is 5.92 Å². The molecule has 100 valence electrons. The van der Waals surface area contributed by atoms with Crippen LogP contribution < -0.4 is 0 Å². The molecule has 0 spiro atoms. The van der Waals surface area contributed by atoms with Gasteiger partial charge in [0.15, 0.2) is 0 Å². The predicted molar refractivity (Wildman–Crippen MR) is 66.0 cm³/mol. The third kappa shape index (κ3) is 2.92. The number of rotatable bonds is 4. The lowest BCUT2D eigenvalue weighted by Crippen LogP contribution is -2.30. The Balaban J connectivity index is 1.94. The molecule has 2 saturated carbocycles. The highest BCUT2D eigenvalue weighted by atomic mass is 16.6. The SMILES string of the molecule is CC(=CC(=O)OC1(C2CCCCC2)CC1)C(=O)O. The molecular formula is C14H20O4. The molecule has 4 nitrogen and oxygen atoms in total. The van der Waals surface area contributed by atoms with Gasteiger partial charge in [-0.15, -0.1) is 0 Å². The van der Waals surface area contributed by atoms with Crippen molar-refractivity contribution in [1.29, 1.82) is 0 Å². The molecule has 2 aliphatic rings. The molecular weight excluding hydrogens is 232 g/mol. The minimum absolute atomic E-state index is 0.0273. The maximum absolute atomic E-state index is 11.7. The van der Waals surface area contributed by atoms with Crippen molar-refractivity contribution in [3.05, 3.63) is 11.6 Å². The molecule has 0 bridgehead atoms. The first-order chi connectivity index (χ1) is 8.53. The van der Waals surface area contributed by atoms with E-state index in [-0.39, 0.29) is 11.2 Å². The Bertz CT molecular complexity index is 373. The van der Waals surface area contributed by atoms with Gasteiger partial charge in [0.2, 0.25) is 0 Å². The van der Waals surface area contributed by atoms with Crippen LogP contribution in [0.4, 0.5) is 0 Å². The van der Waals surface area contributed by atoms with E-state index in [2.05, 4.69) is 0 Å². The molecule has 0 saturated heterocycles. The molecule has 0 aromatic rings. The Morgan fingerprint density at radius 2 is 1.83 bits per heavy atom. The minimum Gasteiger partial charge on any atom is -0.478 e. The molecule has 0 aliphatic heterocycles. The summed E-state index contributed by atoms with van der Waals surface area (Å²) in [6, 6.07) is 0. The summed E-state index contributed by atoms with van der Waals surface area (Å²) in [6.07, 6.45) is 8.93. The lowest BCUT2D eigenvalue weighted by Gasteiger charge is -2.29. The van der Waals surface area contributed by atoms with Crippen molar-refractivity contribution in [3.63, 3.8) is 0 Å². The van der Waals surface area contributed by atoms with Crippen molar-refractivity contribution in [2.45, 2.75) is 57.5 Å². The first-order valence-electron chi connectivity index (χ1n) is 6.68. The van der Waals surface area contributed by atoms with Crippen molar-refractivity contribution < 1.29 is 19.4 Å². The van der Waals surface area contributed by atoms with Gasteiger partial charge in [0.05, 0.1) is 0 Å². The van der Waals surface area contributed by atoms with E-state index < -0.39 is 11.9 Å². The van der Waals surface area contributed by atoms with Crippen LogP contribution in [0.3, 0.4) is 0 Å². The van der Waals surface area contributed by atoms with Crippen molar-refractivity contribution in [2.24, 2.45) is 5.92 Å². The molecule has 0 aromatic heterocycles. The Hall–Kier alpha value is -1.32. The first-order valence-corrected chi connectivity index (χ1v) is 6.68. The van der Waals surface area contributed by atoms with Gasteiger partial charge in [0.25, 0.3) is 0 Å². The van der Waals surface area contributed by atoms with Gasteiger partial charge in [-0.3, -0.25) is 0 Å². The normalized spacial score (nSPS) is 23.5. The fraction of sp³-hybridized carbons (Fsp3) is 0.714. The van der Waals surface area contributed by atoms with Crippen molar-refractivity contribution >= 4 is 11.9 Å². The van der Waals surface area contributed by atoms with E-state index in [9.17, 15) is 9.59 Å². The van der Waals surface area contributed by atoms with Gasteiger partial charge in [-0.2, -0.15) is 0 Å². The third-order valence-corrected chi connectivity index (χ3v) is 4.07. The van der Waals surface area contributed by atoms with E-state index in [4.69, 9.17) is 9.84 Å². The summed E-state index contributed by atoms with van der Waals surface area (Å²) in [7, 11) is 0. The smallest absolute Gasteiger partial charge is 0.331 e. The number of hydrogen-bond donors (Lipinski definition) is 1. The maximum atomic E-state index is 11.7. The fourth-order valence-electron chi connectivity index (χ4n) is 2.81. The molecule has 1 N–H and O–H groups in total. The van der Waals surface area contributed by atoms with Gasteiger partial charge in [-0.05, 0) is 38.5 Å². The third-order valence-electron chi connectivity index (χ3n) is 4.07. The lowest BCUT2D eigenvalue weighted by atomic mass is 9.83. The number of ether oxygens (including phenoxy) is 1. The lowest BCUT2D eigenvalue weighted by molar-refractivity contribution is -0.149. The Labute approximate surface area is 107 Å². The Kier molecular flexibility index (Phi) is 3.73. The number of carbonyl (C=O) groups excluding carboxylic acids is 1. The highest BCUT2D eigenvalue weighted by molar-refractivity contribution is 5.95. The maximum Gasteiger partial charge on any atom is 0.331 e. The quantitative estimate of drug-likeness (QED) is 0.617. The van der Waals surface area contributed by atoms with E-state index >= 15 is 0 Å². The zero-order valence-corrected chi connectivity index (χ0v) is 10.8. The van der Waals surface area contributed by atoms with Crippen LogP contribution >= 0.6 is 0 Å². The van der Waals surface area contributed by atoms with E-state index in [0.29, 0.717) is 5.92 Å². The summed E-state index contributed by atoms with van der Waals surface area (Å²) in [5, 5.41) is 8.72. The standard InChI is InChI=1S/C14H20O4/c1-10(13(16)17)9-12(15)18-14(7-8-14)11-5-3-2-4-6-11/h9,11H,2-8H2,1H3,(H,16,17). The van der Waals surface area contributed by atoms with Crippen LogP contribution in [0.5, 0.6) is 0 Å². The van der Waals surface area contributed by atoms with Crippen molar-refractivity contribution in [3.8, 4) is 0 Å². The molecule has 2 rings (SSSR count).